The molecule has 0 N–H and O–H groups in total. The zero-order valence-electron chi connectivity index (χ0n) is 12.6. The summed E-state index contributed by atoms with van der Waals surface area (Å²) >= 11 is 12.4. The van der Waals surface area contributed by atoms with Gasteiger partial charge >= 0.3 is 0 Å². The van der Waals surface area contributed by atoms with Crippen LogP contribution in [0.15, 0.2) is 18.2 Å². The van der Waals surface area contributed by atoms with Crippen LogP contribution in [0.4, 0.5) is 0 Å². The van der Waals surface area contributed by atoms with E-state index in [1.54, 1.807) is 7.11 Å². The standard InChI is InChI=1S/C17H23Cl2NO/c1-21-11-3-10-20-14-4-2-8-17(20,9-7-14)13-5-6-15(18)16(19)12-13/h5-6,12,14H,2-4,7-11H2,1H3/t14-,17+/m1/s1. The molecule has 0 aromatic heterocycles. The van der Waals surface area contributed by atoms with E-state index in [1.165, 1.54) is 37.7 Å². The van der Waals surface area contributed by atoms with Crippen molar-refractivity contribution in [3.8, 4) is 0 Å². The number of hydrogen-bond donors (Lipinski definition) is 0. The van der Waals surface area contributed by atoms with E-state index in [9.17, 15) is 0 Å². The molecule has 0 saturated carbocycles. The van der Waals surface area contributed by atoms with E-state index in [0.717, 1.165) is 25.6 Å². The summed E-state index contributed by atoms with van der Waals surface area (Å²) in [5.41, 5.74) is 1.52. The molecule has 2 atom stereocenters. The molecule has 0 unspecified atom stereocenters. The molecular weight excluding hydrogens is 305 g/mol. The van der Waals surface area contributed by atoms with Crippen LogP contribution < -0.4 is 0 Å². The average molecular weight is 328 g/mol. The molecule has 3 rings (SSSR count). The molecule has 0 aliphatic carbocycles. The van der Waals surface area contributed by atoms with Crippen molar-refractivity contribution in [2.45, 2.75) is 50.1 Å². The van der Waals surface area contributed by atoms with E-state index in [2.05, 4.69) is 17.0 Å². The average Bonchev–Trinajstić information content (AvgIpc) is 2.69. The SMILES string of the molecule is COCCCN1[C@@H]2CCC[C@@]1(c1ccc(Cl)c(Cl)c1)CC2. The van der Waals surface area contributed by atoms with Crippen molar-refractivity contribution >= 4 is 23.2 Å². The smallest absolute Gasteiger partial charge is 0.0595 e. The fraction of sp³-hybridized carbons (Fsp3) is 0.647. The first-order valence-corrected chi connectivity index (χ1v) is 8.64. The lowest BCUT2D eigenvalue weighted by Crippen LogP contribution is -2.48. The molecule has 4 heteroatoms. The van der Waals surface area contributed by atoms with Gasteiger partial charge in [0.1, 0.15) is 0 Å². The van der Waals surface area contributed by atoms with E-state index < -0.39 is 0 Å². The first-order chi connectivity index (χ1) is 10.2. The van der Waals surface area contributed by atoms with Gasteiger partial charge in [-0.05, 0) is 56.2 Å². The van der Waals surface area contributed by atoms with E-state index >= 15 is 0 Å². The lowest BCUT2D eigenvalue weighted by Gasteiger charge is -2.45. The molecule has 2 aliphatic heterocycles. The second-order valence-electron chi connectivity index (χ2n) is 6.28. The van der Waals surface area contributed by atoms with Crippen LogP contribution >= 0.6 is 23.2 Å². The van der Waals surface area contributed by atoms with Crippen molar-refractivity contribution in [1.82, 2.24) is 4.90 Å². The zero-order chi connectivity index (χ0) is 14.9. The summed E-state index contributed by atoms with van der Waals surface area (Å²) in [6, 6.07) is 6.93. The highest BCUT2D eigenvalue weighted by Gasteiger charge is 2.49. The minimum atomic E-state index is 0.172. The van der Waals surface area contributed by atoms with Gasteiger partial charge in [-0.2, -0.15) is 0 Å². The second kappa shape index (κ2) is 6.45. The molecule has 2 saturated heterocycles. The molecule has 0 amide bonds. The molecule has 2 heterocycles. The maximum absolute atomic E-state index is 6.27. The Kier molecular flexibility index (Phi) is 4.80. The topological polar surface area (TPSA) is 12.5 Å². The van der Waals surface area contributed by atoms with Crippen LogP contribution in [-0.2, 0) is 10.3 Å². The number of rotatable bonds is 5. The molecule has 2 fully saturated rings. The molecule has 116 valence electrons. The Morgan fingerprint density at radius 1 is 1.24 bits per heavy atom. The van der Waals surface area contributed by atoms with Crippen LogP contribution in [0, 0.1) is 0 Å². The lowest BCUT2D eigenvalue weighted by atomic mass is 9.81. The number of benzene rings is 1. The summed E-state index contributed by atoms with van der Waals surface area (Å²) in [5.74, 6) is 0. The minimum Gasteiger partial charge on any atom is -0.385 e. The van der Waals surface area contributed by atoms with E-state index in [-0.39, 0.29) is 5.54 Å². The number of fused-ring (bicyclic) bond motifs is 2. The number of hydrogen-bond acceptors (Lipinski definition) is 2. The van der Waals surface area contributed by atoms with Crippen LogP contribution in [0.1, 0.15) is 44.1 Å². The van der Waals surface area contributed by atoms with E-state index in [1.807, 2.05) is 6.07 Å². The predicted molar refractivity (Wildman–Crippen MR) is 88.2 cm³/mol. The monoisotopic (exact) mass is 327 g/mol. The third kappa shape index (κ3) is 2.84. The summed E-state index contributed by atoms with van der Waals surface area (Å²) in [4.78, 5) is 2.72. The number of halogens is 2. The quantitative estimate of drug-likeness (QED) is 0.715. The number of piperidine rings is 1. The van der Waals surface area contributed by atoms with Gasteiger partial charge in [0.05, 0.1) is 10.0 Å². The summed E-state index contributed by atoms with van der Waals surface area (Å²) < 4.78 is 5.23. The van der Waals surface area contributed by atoms with Gasteiger partial charge in [-0.25, -0.2) is 0 Å². The first-order valence-electron chi connectivity index (χ1n) is 7.88. The first kappa shape index (κ1) is 15.6. The Morgan fingerprint density at radius 2 is 2.10 bits per heavy atom. The van der Waals surface area contributed by atoms with Crippen molar-refractivity contribution in [1.29, 1.82) is 0 Å². The van der Waals surface area contributed by atoms with Crippen molar-refractivity contribution in [3.05, 3.63) is 33.8 Å². The third-order valence-corrected chi connectivity index (χ3v) is 5.95. The highest BCUT2D eigenvalue weighted by molar-refractivity contribution is 6.42. The predicted octanol–water partition coefficient (Wildman–Crippen LogP) is 4.87. The Balaban J connectivity index is 1.89. The zero-order valence-corrected chi connectivity index (χ0v) is 14.1. The summed E-state index contributed by atoms with van der Waals surface area (Å²) in [7, 11) is 1.78. The van der Waals surface area contributed by atoms with Crippen LogP contribution in [0.2, 0.25) is 10.0 Å². The van der Waals surface area contributed by atoms with E-state index in [4.69, 9.17) is 27.9 Å². The van der Waals surface area contributed by atoms with Crippen molar-refractivity contribution in [2.75, 3.05) is 20.3 Å². The van der Waals surface area contributed by atoms with E-state index in [0.29, 0.717) is 10.0 Å². The van der Waals surface area contributed by atoms with Crippen molar-refractivity contribution in [2.24, 2.45) is 0 Å². The summed E-state index contributed by atoms with van der Waals surface area (Å²) in [5, 5.41) is 1.32. The fourth-order valence-electron chi connectivity index (χ4n) is 4.27. The molecule has 2 aliphatic rings. The van der Waals surface area contributed by atoms with Crippen LogP contribution in [0.25, 0.3) is 0 Å². The normalized spacial score (nSPS) is 29.0. The molecule has 2 nitrogen and oxygen atoms in total. The highest BCUT2D eigenvalue weighted by atomic mass is 35.5. The largest absolute Gasteiger partial charge is 0.385 e. The molecular formula is C17H23Cl2NO. The van der Waals surface area contributed by atoms with Gasteiger partial charge in [-0.3, -0.25) is 4.90 Å². The minimum absolute atomic E-state index is 0.172. The van der Waals surface area contributed by atoms with Crippen LogP contribution in [0.5, 0.6) is 0 Å². The van der Waals surface area contributed by atoms with Crippen molar-refractivity contribution < 1.29 is 4.74 Å². The molecule has 2 bridgehead atoms. The van der Waals surface area contributed by atoms with Gasteiger partial charge in [-0.15, -0.1) is 0 Å². The number of ether oxygens (including phenoxy) is 1. The van der Waals surface area contributed by atoms with Gasteiger partial charge in [0.15, 0.2) is 0 Å². The van der Waals surface area contributed by atoms with Gasteiger partial charge < -0.3 is 4.74 Å². The summed E-state index contributed by atoms with van der Waals surface area (Å²) in [6.07, 6.45) is 7.50. The molecule has 0 radical (unpaired) electrons. The number of methoxy groups -OCH3 is 1. The Morgan fingerprint density at radius 3 is 2.86 bits per heavy atom. The van der Waals surface area contributed by atoms with Crippen LogP contribution in [-0.4, -0.2) is 31.2 Å². The van der Waals surface area contributed by atoms with Gasteiger partial charge in [-0.1, -0.05) is 29.3 Å². The second-order valence-corrected chi connectivity index (χ2v) is 7.10. The van der Waals surface area contributed by atoms with Gasteiger partial charge in [0, 0.05) is 31.8 Å². The third-order valence-electron chi connectivity index (χ3n) is 5.21. The lowest BCUT2D eigenvalue weighted by molar-refractivity contribution is 0.0418. The Hall–Kier alpha value is -0.280. The Bertz CT molecular complexity index is 504. The van der Waals surface area contributed by atoms with Crippen LogP contribution in [0.3, 0.4) is 0 Å². The molecule has 21 heavy (non-hydrogen) atoms. The van der Waals surface area contributed by atoms with Gasteiger partial charge in [0.25, 0.3) is 0 Å². The molecule has 1 aromatic carbocycles. The van der Waals surface area contributed by atoms with Gasteiger partial charge in [0.2, 0.25) is 0 Å². The summed E-state index contributed by atoms with van der Waals surface area (Å²) in [6.45, 7) is 1.94. The number of nitrogens with zero attached hydrogens (tertiary/aromatic N) is 1. The molecule has 0 spiro atoms. The maximum Gasteiger partial charge on any atom is 0.0595 e. The highest BCUT2D eigenvalue weighted by Crippen LogP contribution is 2.51. The molecule has 1 aromatic rings. The fourth-order valence-corrected chi connectivity index (χ4v) is 4.57. The Labute approximate surface area is 137 Å². The van der Waals surface area contributed by atoms with Crippen molar-refractivity contribution in [3.63, 3.8) is 0 Å². The maximum atomic E-state index is 6.27.